The first-order valence-electron chi connectivity index (χ1n) is 7.52. The van der Waals surface area contributed by atoms with Crippen LogP contribution < -0.4 is 0 Å². The van der Waals surface area contributed by atoms with Crippen molar-refractivity contribution in [3.05, 3.63) is 25.3 Å². The van der Waals surface area contributed by atoms with Crippen molar-refractivity contribution in [3.8, 4) is 0 Å². The average molecular weight is 292 g/mol. The Morgan fingerprint density at radius 1 is 1.24 bits per heavy atom. The third kappa shape index (κ3) is 3.96. The molecule has 21 heavy (non-hydrogen) atoms. The number of hydrogen-bond acceptors (Lipinski definition) is 4. The van der Waals surface area contributed by atoms with Crippen LogP contribution in [-0.2, 0) is 9.47 Å². The Bertz CT molecular complexity index is 427. The lowest BCUT2D eigenvalue weighted by Gasteiger charge is -2.35. The molecule has 1 heterocycles. The van der Waals surface area contributed by atoms with Gasteiger partial charge in [0.25, 0.3) is 0 Å². The maximum atomic E-state index is 5.58. The predicted octanol–water partition coefficient (Wildman–Crippen LogP) is 3.79. The normalized spacial score (nSPS) is 25.1. The SMILES string of the molecule is C=CCCC[C@@]1(CC=C)N=C(OC)[C@@H](C(C)C)N=C1OC. The highest BCUT2D eigenvalue weighted by atomic mass is 16.5. The molecule has 2 atom stereocenters. The molecule has 0 fully saturated rings. The molecule has 1 aliphatic heterocycles. The van der Waals surface area contributed by atoms with Crippen molar-refractivity contribution in [1.82, 2.24) is 0 Å². The fraction of sp³-hybridized carbons (Fsp3) is 0.647. The molecule has 0 saturated heterocycles. The lowest BCUT2D eigenvalue weighted by atomic mass is 9.87. The van der Waals surface area contributed by atoms with Crippen molar-refractivity contribution in [2.75, 3.05) is 14.2 Å². The lowest BCUT2D eigenvalue weighted by molar-refractivity contribution is 0.295. The van der Waals surface area contributed by atoms with Gasteiger partial charge in [0.2, 0.25) is 11.8 Å². The Hall–Kier alpha value is -1.58. The van der Waals surface area contributed by atoms with Crippen molar-refractivity contribution in [1.29, 1.82) is 0 Å². The van der Waals surface area contributed by atoms with Gasteiger partial charge in [-0.15, -0.1) is 13.2 Å². The Balaban J connectivity index is 3.18. The molecule has 0 aliphatic carbocycles. The molecule has 0 unspecified atom stereocenters. The zero-order chi connectivity index (χ0) is 15.9. The smallest absolute Gasteiger partial charge is 0.213 e. The van der Waals surface area contributed by atoms with Crippen molar-refractivity contribution < 1.29 is 9.47 Å². The van der Waals surface area contributed by atoms with Gasteiger partial charge in [-0.25, -0.2) is 9.98 Å². The van der Waals surface area contributed by atoms with E-state index in [4.69, 9.17) is 19.5 Å². The van der Waals surface area contributed by atoms with Gasteiger partial charge < -0.3 is 9.47 Å². The van der Waals surface area contributed by atoms with Gasteiger partial charge in [0, 0.05) is 0 Å². The van der Waals surface area contributed by atoms with Crippen LogP contribution >= 0.6 is 0 Å². The van der Waals surface area contributed by atoms with Gasteiger partial charge in [0.1, 0.15) is 11.6 Å². The molecule has 0 radical (unpaired) electrons. The second-order valence-electron chi connectivity index (χ2n) is 5.69. The average Bonchev–Trinajstić information content (AvgIpc) is 2.47. The van der Waals surface area contributed by atoms with Crippen LogP contribution in [-0.4, -0.2) is 37.6 Å². The van der Waals surface area contributed by atoms with E-state index in [1.807, 2.05) is 12.2 Å². The molecule has 0 bridgehead atoms. The summed E-state index contributed by atoms with van der Waals surface area (Å²) in [5, 5.41) is 0. The summed E-state index contributed by atoms with van der Waals surface area (Å²) in [7, 11) is 3.32. The van der Waals surface area contributed by atoms with Crippen LogP contribution in [0.1, 0.15) is 39.5 Å². The van der Waals surface area contributed by atoms with Crippen LogP contribution in [0.15, 0.2) is 35.3 Å². The van der Waals surface area contributed by atoms with Gasteiger partial charge in [0.05, 0.1) is 14.2 Å². The van der Waals surface area contributed by atoms with Gasteiger partial charge in [-0.1, -0.05) is 26.0 Å². The van der Waals surface area contributed by atoms with Crippen molar-refractivity contribution in [2.45, 2.75) is 51.1 Å². The standard InChI is InChI=1S/C17H28N2O2/c1-7-9-10-12-17(11-8-2)16(21-6)18-14(13(3)4)15(19-17)20-5/h7-8,13-14H,1-2,9-12H2,3-6H3/t14-,17-/m1/s1. The first-order chi connectivity index (χ1) is 10.0. The highest BCUT2D eigenvalue weighted by Gasteiger charge is 2.42. The van der Waals surface area contributed by atoms with E-state index < -0.39 is 5.54 Å². The van der Waals surface area contributed by atoms with Crippen LogP contribution in [0.3, 0.4) is 0 Å². The van der Waals surface area contributed by atoms with Gasteiger partial charge in [-0.3, -0.25) is 0 Å². The first kappa shape index (κ1) is 17.5. The third-order valence-electron chi connectivity index (χ3n) is 3.75. The van der Waals surface area contributed by atoms with E-state index in [0.29, 0.717) is 24.1 Å². The van der Waals surface area contributed by atoms with Gasteiger partial charge in [0.15, 0.2) is 0 Å². The number of allylic oxidation sites excluding steroid dienone is 1. The maximum absolute atomic E-state index is 5.58. The van der Waals surface area contributed by atoms with Gasteiger partial charge >= 0.3 is 0 Å². The molecule has 0 aromatic rings. The molecule has 0 saturated carbocycles. The first-order valence-corrected chi connectivity index (χ1v) is 7.52. The largest absolute Gasteiger partial charge is 0.483 e. The maximum Gasteiger partial charge on any atom is 0.213 e. The lowest BCUT2D eigenvalue weighted by Crippen LogP contribution is -2.46. The minimum absolute atomic E-state index is 0.0812. The van der Waals surface area contributed by atoms with E-state index in [-0.39, 0.29) is 6.04 Å². The minimum atomic E-state index is -0.490. The van der Waals surface area contributed by atoms with Gasteiger partial charge in [-0.05, 0) is 31.6 Å². The highest BCUT2D eigenvalue weighted by molar-refractivity contribution is 5.97. The number of rotatable bonds is 7. The van der Waals surface area contributed by atoms with Gasteiger partial charge in [-0.2, -0.15) is 0 Å². The highest BCUT2D eigenvalue weighted by Crippen LogP contribution is 2.32. The van der Waals surface area contributed by atoms with E-state index in [1.165, 1.54) is 0 Å². The number of ether oxygens (including phenoxy) is 2. The summed E-state index contributed by atoms with van der Waals surface area (Å²) in [6.45, 7) is 11.8. The predicted molar refractivity (Wildman–Crippen MR) is 89.1 cm³/mol. The topological polar surface area (TPSA) is 43.2 Å². The molecule has 4 nitrogen and oxygen atoms in total. The molecule has 1 rings (SSSR count). The summed E-state index contributed by atoms with van der Waals surface area (Å²) >= 11 is 0. The summed E-state index contributed by atoms with van der Waals surface area (Å²) in [6, 6.07) is -0.0812. The van der Waals surface area contributed by atoms with Crippen LogP contribution in [0, 0.1) is 5.92 Å². The summed E-state index contributed by atoms with van der Waals surface area (Å²) in [4.78, 5) is 9.65. The molecule has 0 spiro atoms. The quantitative estimate of drug-likeness (QED) is 0.529. The second-order valence-corrected chi connectivity index (χ2v) is 5.69. The molecule has 4 heteroatoms. The zero-order valence-electron chi connectivity index (χ0n) is 13.8. The monoisotopic (exact) mass is 292 g/mol. The number of aliphatic imine (C=N–C) groups is 2. The molecular weight excluding hydrogens is 264 g/mol. The molecule has 0 aromatic carbocycles. The summed E-state index contributed by atoms with van der Waals surface area (Å²) in [6.07, 6.45) is 7.25. The number of unbranched alkanes of at least 4 members (excludes halogenated alkanes) is 1. The minimum Gasteiger partial charge on any atom is -0.483 e. The summed E-state index contributed by atoms with van der Waals surface area (Å²) in [5.41, 5.74) is -0.490. The van der Waals surface area contributed by atoms with E-state index in [9.17, 15) is 0 Å². The Morgan fingerprint density at radius 3 is 2.43 bits per heavy atom. The summed E-state index contributed by atoms with van der Waals surface area (Å²) in [5.74, 6) is 1.68. The van der Waals surface area contributed by atoms with Crippen LogP contribution in [0.25, 0.3) is 0 Å². The van der Waals surface area contributed by atoms with Crippen LogP contribution in [0.5, 0.6) is 0 Å². The van der Waals surface area contributed by atoms with E-state index in [1.54, 1.807) is 14.2 Å². The van der Waals surface area contributed by atoms with E-state index >= 15 is 0 Å². The number of methoxy groups -OCH3 is 2. The third-order valence-corrected chi connectivity index (χ3v) is 3.75. The molecule has 1 aliphatic rings. The Kier molecular flexibility index (Phi) is 6.66. The Labute approximate surface area is 128 Å². The van der Waals surface area contributed by atoms with E-state index in [2.05, 4.69) is 27.0 Å². The number of hydrogen-bond donors (Lipinski definition) is 0. The molecule has 0 N–H and O–H groups in total. The fourth-order valence-corrected chi connectivity index (χ4v) is 2.65. The summed E-state index contributed by atoms with van der Waals surface area (Å²) < 4.78 is 11.1. The number of nitrogens with zero attached hydrogens (tertiary/aromatic N) is 2. The van der Waals surface area contributed by atoms with Crippen LogP contribution in [0.2, 0.25) is 0 Å². The molecular formula is C17H28N2O2. The van der Waals surface area contributed by atoms with E-state index in [0.717, 1.165) is 19.3 Å². The second kappa shape index (κ2) is 8.01. The fourth-order valence-electron chi connectivity index (χ4n) is 2.65. The zero-order valence-corrected chi connectivity index (χ0v) is 13.8. The Morgan fingerprint density at radius 2 is 1.95 bits per heavy atom. The molecule has 0 aromatic heterocycles. The van der Waals surface area contributed by atoms with Crippen LogP contribution in [0.4, 0.5) is 0 Å². The molecule has 0 amide bonds. The molecule has 118 valence electrons. The van der Waals surface area contributed by atoms with Crippen molar-refractivity contribution in [3.63, 3.8) is 0 Å². The van der Waals surface area contributed by atoms with Crippen molar-refractivity contribution in [2.24, 2.45) is 15.9 Å². The van der Waals surface area contributed by atoms with Crippen molar-refractivity contribution >= 4 is 11.8 Å².